The van der Waals surface area contributed by atoms with Crippen LogP contribution in [0.4, 0.5) is 0 Å². The van der Waals surface area contributed by atoms with Crippen LogP contribution >= 0.6 is 11.3 Å². The highest BCUT2D eigenvalue weighted by molar-refractivity contribution is 7.13. The summed E-state index contributed by atoms with van der Waals surface area (Å²) >= 11 is 1.30. The monoisotopic (exact) mass is 171 g/mol. The lowest BCUT2D eigenvalue weighted by Gasteiger charge is -1.90. The molecule has 1 aromatic rings. The molecule has 4 heteroatoms. The van der Waals surface area contributed by atoms with Gasteiger partial charge in [-0.15, -0.1) is 11.3 Å². The molecule has 0 spiro atoms. The Morgan fingerprint density at radius 1 is 1.73 bits per heavy atom. The number of rotatable bonds is 3. The van der Waals surface area contributed by atoms with Crippen LogP contribution < -0.4 is 5.32 Å². The quantitative estimate of drug-likeness (QED) is 0.717. The van der Waals surface area contributed by atoms with E-state index in [0.29, 0.717) is 4.88 Å². The predicted octanol–water partition coefficient (Wildman–Crippen LogP) is 1.17. The SMILES string of the molecule is CNCc1ccc(C(=O)O)s1. The first-order chi connectivity index (χ1) is 5.24. The molecular weight excluding hydrogens is 162 g/mol. The van der Waals surface area contributed by atoms with Crippen LogP contribution in [0.2, 0.25) is 0 Å². The van der Waals surface area contributed by atoms with Crippen LogP contribution in [0.25, 0.3) is 0 Å². The number of hydrogen-bond donors (Lipinski definition) is 2. The van der Waals surface area contributed by atoms with Crippen LogP contribution in [-0.4, -0.2) is 18.1 Å². The topological polar surface area (TPSA) is 49.3 Å². The summed E-state index contributed by atoms with van der Waals surface area (Å²) in [5.41, 5.74) is 0. The maximum Gasteiger partial charge on any atom is 0.345 e. The van der Waals surface area contributed by atoms with Crippen LogP contribution in [0, 0.1) is 0 Å². The fraction of sp³-hybridized carbons (Fsp3) is 0.286. The lowest BCUT2D eigenvalue weighted by molar-refractivity contribution is 0.0702. The number of aromatic carboxylic acids is 1. The summed E-state index contributed by atoms with van der Waals surface area (Å²) < 4.78 is 0. The number of thiophene rings is 1. The molecule has 0 radical (unpaired) electrons. The molecule has 0 saturated carbocycles. The molecule has 60 valence electrons. The number of carboxylic acids is 1. The third kappa shape index (κ3) is 2.03. The van der Waals surface area contributed by atoms with Gasteiger partial charge in [-0.25, -0.2) is 4.79 Å². The van der Waals surface area contributed by atoms with Crippen molar-refractivity contribution in [2.75, 3.05) is 7.05 Å². The van der Waals surface area contributed by atoms with Gasteiger partial charge in [0.25, 0.3) is 0 Å². The van der Waals surface area contributed by atoms with E-state index in [2.05, 4.69) is 5.32 Å². The Hall–Kier alpha value is -0.870. The fourth-order valence-corrected chi connectivity index (χ4v) is 1.62. The zero-order valence-electron chi connectivity index (χ0n) is 6.13. The van der Waals surface area contributed by atoms with Crippen molar-refractivity contribution in [1.29, 1.82) is 0 Å². The molecule has 1 rings (SSSR count). The van der Waals surface area contributed by atoms with Crippen molar-refractivity contribution in [3.63, 3.8) is 0 Å². The van der Waals surface area contributed by atoms with Crippen molar-refractivity contribution in [3.8, 4) is 0 Å². The largest absolute Gasteiger partial charge is 0.477 e. The number of hydrogen-bond acceptors (Lipinski definition) is 3. The summed E-state index contributed by atoms with van der Waals surface area (Å²) in [6, 6.07) is 3.45. The Labute approximate surface area is 68.7 Å². The molecule has 0 saturated heterocycles. The Kier molecular flexibility index (Phi) is 2.62. The van der Waals surface area contributed by atoms with E-state index in [9.17, 15) is 4.79 Å². The van der Waals surface area contributed by atoms with Crippen molar-refractivity contribution in [3.05, 3.63) is 21.9 Å². The molecule has 0 bridgehead atoms. The first-order valence-electron chi connectivity index (χ1n) is 3.20. The van der Waals surface area contributed by atoms with Gasteiger partial charge < -0.3 is 10.4 Å². The minimum absolute atomic E-state index is 0.398. The fourth-order valence-electron chi connectivity index (χ4n) is 0.762. The Morgan fingerprint density at radius 3 is 2.91 bits per heavy atom. The van der Waals surface area contributed by atoms with Crippen molar-refractivity contribution in [2.45, 2.75) is 6.54 Å². The van der Waals surface area contributed by atoms with Gasteiger partial charge >= 0.3 is 5.97 Å². The molecule has 1 aromatic heterocycles. The first-order valence-corrected chi connectivity index (χ1v) is 4.02. The molecule has 1 heterocycles. The summed E-state index contributed by atoms with van der Waals surface area (Å²) in [7, 11) is 1.83. The minimum Gasteiger partial charge on any atom is -0.477 e. The first kappa shape index (κ1) is 8.23. The van der Waals surface area contributed by atoms with Crippen molar-refractivity contribution < 1.29 is 9.90 Å². The van der Waals surface area contributed by atoms with E-state index in [4.69, 9.17) is 5.11 Å². The second-order valence-corrected chi connectivity index (χ2v) is 3.27. The highest BCUT2D eigenvalue weighted by Crippen LogP contribution is 2.15. The maximum absolute atomic E-state index is 10.4. The molecule has 0 fully saturated rings. The maximum atomic E-state index is 10.4. The van der Waals surface area contributed by atoms with E-state index < -0.39 is 5.97 Å². The molecule has 0 aliphatic heterocycles. The summed E-state index contributed by atoms with van der Waals surface area (Å²) in [5.74, 6) is -0.850. The normalized spacial score (nSPS) is 9.91. The van der Waals surface area contributed by atoms with E-state index >= 15 is 0 Å². The highest BCUT2D eigenvalue weighted by atomic mass is 32.1. The van der Waals surface area contributed by atoms with E-state index in [1.807, 2.05) is 13.1 Å². The van der Waals surface area contributed by atoms with Crippen molar-refractivity contribution in [1.82, 2.24) is 5.32 Å². The molecule has 0 aliphatic rings. The Balaban J connectivity index is 2.73. The van der Waals surface area contributed by atoms with Crippen LogP contribution in [0.5, 0.6) is 0 Å². The average molecular weight is 171 g/mol. The Bertz CT molecular complexity index is 257. The molecule has 0 aliphatic carbocycles. The lowest BCUT2D eigenvalue weighted by Crippen LogP contribution is -2.02. The van der Waals surface area contributed by atoms with Gasteiger partial charge in [0.15, 0.2) is 0 Å². The minimum atomic E-state index is -0.850. The van der Waals surface area contributed by atoms with Crippen LogP contribution in [0.3, 0.4) is 0 Å². The van der Waals surface area contributed by atoms with Gasteiger partial charge in [-0.3, -0.25) is 0 Å². The predicted molar refractivity (Wildman–Crippen MR) is 44.0 cm³/mol. The van der Waals surface area contributed by atoms with E-state index in [0.717, 1.165) is 11.4 Å². The van der Waals surface area contributed by atoms with E-state index in [-0.39, 0.29) is 0 Å². The Morgan fingerprint density at radius 2 is 2.45 bits per heavy atom. The standard InChI is InChI=1S/C7H9NO2S/c1-8-4-5-2-3-6(11-5)7(9)10/h2-3,8H,4H2,1H3,(H,9,10). The smallest absolute Gasteiger partial charge is 0.345 e. The van der Waals surface area contributed by atoms with Gasteiger partial charge in [0.1, 0.15) is 4.88 Å². The average Bonchev–Trinajstić information content (AvgIpc) is 2.37. The van der Waals surface area contributed by atoms with Crippen molar-refractivity contribution >= 4 is 17.3 Å². The summed E-state index contributed by atoms with van der Waals surface area (Å²) in [6.07, 6.45) is 0. The van der Waals surface area contributed by atoms with Crippen LogP contribution in [-0.2, 0) is 6.54 Å². The highest BCUT2D eigenvalue weighted by Gasteiger charge is 2.05. The molecular formula is C7H9NO2S. The van der Waals surface area contributed by atoms with E-state index in [1.165, 1.54) is 11.3 Å². The van der Waals surface area contributed by atoms with Crippen LogP contribution in [0.15, 0.2) is 12.1 Å². The molecule has 3 nitrogen and oxygen atoms in total. The second-order valence-electron chi connectivity index (χ2n) is 2.10. The number of carboxylic acid groups (broad SMARTS) is 1. The third-order valence-corrected chi connectivity index (χ3v) is 2.30. The van der Waals surface area contributed by atoms with Gasteiger partial charge in [-0.05, 0) is 19.2 Å². The molecule has 11 heavy (non-hydrogen) atoms. The summed E-state index contributed by atoms with van der Waals surface area (Å²) in [4.78, 5) is 11.9. The third-order valence-electron chi connectivity index (χ3n) is 1.22. The number of nitrogens with one attached hydrogen (secondary N) is 1. The molecule has 0 atom stereocenters. The molecule has 0 unspecified atom stereocenters. The molecule has 0 amide bonds. The zero-order chi connectivity index (χ0) is 8.27. The molecule has 2 N–H and O–H groups in total. The lowest BCUT2D eigenvalue weighted by atomic mass is 10.4. The summed E-state index contributed by atoms with van der Waals surface area (Å²) in [5, 5.41) is 11.5. The van der Waals surface area contributed by atoms with Gasteiger partial charge in [-0.1, -0.05) is 0 Å². The van der Waals surface area contributed by atoms with Crippen molar-refractivity contribution in [2.24, 2.45) is 0 Å². The van der Waals surface area contributed by atoms with Gasteiger partial charge in [0, 0.05) is 11.4 Å². The zero-order valence-corrected chi connectivity index (χ0v) is 6.94. The second kappa shape index (κ2) is 3.50. The van der Waals surface area contributed by atoms with E-state index in [1.54, 1.807) is 6.07 Å². The summed E-state index contributed by atoms with van der Waals surface area (Å²) in [6.45, 7) is 0.734. The van der Waals surface area contributed by atoms with Gasteiger partial charge in [-0.2, -0.15) is 0 Å². The van der Waals surface area contributed by atoms with Gasteiger partial charge in [0.05, 0.1) is 0 Å². The van der Waals surface area contributed by atoms with Crippen LogP contribution in [0.1, 0.15) is 14.5 Å². The van der Waals surface area contributed by atoms with Gasteiger partial charge in [0.2, 0.25) is 0 Å². The number of carbonyl (C=O) groups is 1. The molecule has 0 aromatic carbocycles.